The number of anilines is 1. The van der Waals surface area contributed by atoms with E-state index in [0.29, 0.717) is 23.5 Å². The topological polar surface area (TPSA) is 51.6 Å². The molecule has 1 saturated carbocycles. The van der Waals surface area contributed by atoms with Crippen LogP contribution in [0.25, 0.3) is 33.1 Å². The predicted octanol–water partition coefficient (Wildman–Crippen LogP) is 4.58. The van der Waals surface area contributed by atoms with Gasteiger partial charge in [0.1, 0.15) is 11.4 Å². The van der Waals surface area contributed by atoms with Crippen LogP contribution in [0.2, 0.25) is 0 Å². The average Bonchev–Trinajstić information content (AvgIpc) is 3.58. The van der Waals surface area contributed by atoms with E-state index < -0.39 is 0 Å². The number of aromatic nitrogens is 2. The van der Waals surface area contributed by atoms with Gasteiger partial charge >= 0.3 is 0 Å². The first kappa shape index (κ1) is 19.6. The third kappa shape index (κ3) is 2.91. The molecule has 1 saturated heterocycles. The Balaban J connectivity index is 1.68. The zero-order valence-corrected chi connectivity index (χ0v) is 18.6. The van der Waals surface area contributed by atoms with Crippen molar-refractivity contribution in [3.63, 3.8) is 0 Å². The molecule has 0 radical (unpaired) electrons. The maximum absolute atomic E-state index is 15.7. The van der Waals surface area contributed by atoms with Crippen LogP contribution in [-0.2, 0) is 0 Å². The smallest absolute Gasteiger partial charge is 0.169 e. The molecule has 1 unspecified atom stereocenters. The van der Waals surface area contributed by atoms with E-state index in [1.54, 1.807) is 20.3 Å². The fourth-order valence-electron chi connectivity index (χ4n) is 5.11. The van der Waals surface area contributed by atoms with Crippen molar-refractivity contribution >= 4 is 27.5 Å². The standard InChI is InChI=1S/C25H27FN4O2/c1-14-12-29(9-8-27-14)24-20(26)11-18-22-19(17-10-16(31-2)6-7-21(17)28-22)13-30(15-4-5-15)23(18)25(24)32-3/h6-7,10-11,13-15,27H,4-5,8-9,12H2,1-3H3. The number of pyridine rings is 1. The molecule has 6 nitrogen and oxygen atoms in total. The normalized spacial score (nSPS) is 19.2. The molecule has 7 heteroatoms. The van der Waals surface area contributed by atoms with Crippen molar-refractivity contribution in [3.8, 4) is 22.8 Å². The fourth-order valence-corrected chi connectivity index (χ4v) is 5.11. The second-order valence-corrected chi connectivity index (χ2v) is 8.96. The number of piperazine rings is 1. The summed E-state index contributed by atoms with van der Waals surface area (Å²) in [5.74, 6) is 1.13. The molecule has 1 atom stereocenters. The molecule has 0 spiro atoms. The molecule has 2 fully saturated rings. The summed E-state index contributed by atoms with van der Waals surface area (Å²) < 4.78 is 29.4. The van der Waals surface area contributed by atoms with Crippen LogP contribution >= 0.6 is 0 Å². The minimum Gasteiger partial charge on any atom is -0.497 e. The van der Waals surface area contributed by atoms with Crippen LogP contribution in [0.3, 0.4) is 0 Å². The lowest BCUT2D eigenvalue weighted by Crippen LogP contribution is -2.49. The zero-order valence-electron chi connectivity index (χ0n) is 18.6. The van der Waals surface area contributed by atoms with Gasteiger partial charge in [-0.15, -0.1) is 0 Å². The van der Waals surface area contributed by atoms with Crippen molar-refractivity contribution < 1.29 is 13.9 Å². The number of hydrogen-bond donors (Lipinski definition) is 1. The molecule has 0 aromatic heterocycles. The molecule has 0 amide bonds. The van der Waals surface area contributed by atoms with Crippen LogP contribution in [0.15, 0.2) is 30.5 Å². The molecule has 32 heavy (non-hydrogen) atoms. The fraction of sp³-hybridized carbons (Fsp3) is 0.400. The zero-order chi connectivity index (χ0) is 22.0. The first-order chi connectivity index (χ1) is 15.6. The molecule has 6 rings (SSSR count). The number of hydrogen-bond acceptors (Lipinski definition) is 5. The Hall–Kier alpha value is -3.06. The number of benzene rings is 2. The Morgan fingerprint density at radius 1 is 1.12 bits per heavy atom. The maximum atomic E-state index is 15.7. The minimum absolute atomic E-state index is 0.261. The second kappa shape index (κ2) is 7.24. The maximum Gasteiger partial charge on any atom is 0.169 e. The molecule has 2 aromatic carbocycles. The molecular formula is C25H27FN4O2. The van der Waals surface area contributed by atoms with E-state index in [-0.39, 0.29) is 5.82 Å². The average molecular weight is 435 g/mol. The van der Waals surface area contributed by atoms with Crippen molar-refractivity contribution in [2.24, 2.45) is 0 Å². The van der Waals surface area contributed by atoms with E-state index in [2.05, 4.69) is 27.9 Å². The SMILES string of the molecule is COc1ccc2nc3c4cc(F)c(N5CCNC(C)C5)c(OC)c4n(C4CC4)cc-3c2c1. The first-order valence-corrected chi connectivity index (χ1v) is 11.3. The first-order valence-electron chi connectivity index (χ1n) is 11.3. The van der Waals surface area contributed by atoms with Crippen LogP contribution in [0.5, 0.6) is 11.5 Å². The summed E-state index contributed by atoms with van der Waals surface area (Å²) in [5.41, 5.74) is 4.19. The molecule has 166 valence electrons. The van der Waals surface area contributed by atoms with E-state index in [0.717, 1.165) is 71.3 Å². The summed E-state index contributed by atoms with van der Waals surface area (Å²) in [5, 5.41) is 5.25. The van der Waals surface area contributed by atoms with E-state index in [1.165, 1.54) is 0 Å². The highest BCUT2D eigenvalue weighted by molar-refractivity contribution is 6.09. The Kier molecular flexibility index (Phi) is 4.43. The molecule has 1 N–H and O–H groups in total. The van der Waals surface area contributed by atoms with Gasteiger partial charge in [-0.05, 0) is 44.0 Å². The monoisotopic (exact) mass is 434 g/mol. The van der Waals surface area contributed by atoms with Crippen LogP contribution in [-0.4, -0.2) is 49.4 Å². The van der Waals surface area contributed by atoms with E-state index in [4.69, 9.17) is 14.5 Å². The highest BCUT2D eigenvalue weighted by Crippen LogP contribution is 2.49. The van der Waals surface area contributed by atoms with Gasteiger partial charge in [0, 0.05) is 54.3 Å². The minimum atomic E-state index is -0.261. The van der Waals surface area contributed by atoms with E-state index in [1.807, 2.05) is 18.2 Å². The van der Waals surface area contributed by atoms with Gasteiger partial charge in [-0.2, -0.15) is 0 Å². The second-order valence-electron chi connectivity index (χ2n) is 8.96. The summed E-state index contributed by atoms with van der Waals surface area (Å²) in [6.07, 6.45) is 4.40. The molecule has 3 aliphatic heterocycles. The Labute approximate surface area is 186 Å². The Morgan fingerprint density at radius 3 is 2.69 bits per heavy atom. The van der Waals surface area contributed by atoms with Gasteiger partial charge in [-0.25, -0.2) is 9.37 Å². The number of nitrogens with zero attached hydrogens (tertiary/aromatic N) is 3. The van der Waals surface area contributed by atoms with Crippen molar-refractivity contribution in [1.29, 1.82) is 0 Å². The summed E-state index contributed by atoms with van der Waals surface area (Å²) in [4.78, 5) is 7.00. The lowest BCUT2D eigenvalue weighted by molar-refractivity contribution is 0.407. The number of fused-ring (bicyclic) bond motifs is 5. The van der Waals surface area contributed by atoms with Crippen LogP contribution in [0, 0.1) is 5.82 Å². The summed E-state index contributed by atoms with van der Waals surface area (Å²) in [6.45, 7) is 4.43. The van der Waals surface area contributed by atoms with E-state index >= 15 is 4.39 Å². The van der Waals surface area contributed by atoms with Crippen LogP contribution < -0.4 is 19.7 Å². The van der Waals surface area contributed by atoms with E-state index in [9.17, 15) is 0 Å². The van der Waals surface area contributed by atoms with Gasteiger partial charge in [0.25, 0.3) is 0 Å². The Morgan fingerprint density at radius 2 is 1.97 bits per heavy atom. The lowest BCUT2D eigenvalue weighted by atomic mass is 10.0. The highest BCUT2D eigenvalue weighted by Gasteiger charge is 2.32. The number of methoxy groups -OCH3 is 2. The lowest BCUT2D eigenvalue weighted by Gasteiger charge is -2.35. The molecule has 3 heterocycles. The van der Waals surface area contributed by atoms with Crippen molar-refractivity contribution in [3.05, 3.63) is 36.3 Å². The van der Waals surface area contributed by atoms with Crippen molar-refractivity contribution in [2.45, 2.75) is 31.8 Å². The molecule has 4 aliphatic rings. The van der Waals surface area contributed by atoms with Gasteiger partial charge in [-0.3, -0.25) is 0 Å². The van der Waals surface area contributed by atoms with Gasteiger partial charge in [-0.1, -0.05) is 0 Å². The van der Waals surface area contributed by atoms with Crippen LogP contribution in [0.1, 0.15) is 25.8 Å². The quantitative estimate of drug-likeness (QED) is 0.509. The molecule has 0 bridgehead atoms. The van der Waals surface area contributed by atoms with Gasteiger partial charge in [0.05, 0.1) is 30.9 Å². The summed E-state index contributed by atoms with van der Waals surface area (Å²) in [7, 11) is 3.31. The number of ether oxygens (including phenoxy) is 2. The van der Waals surface area contributed by atoms with Gasteiger partial charge < -0.3 is 24.3 Å². The highest BCUT2D eigenvalue weighted by atomic mass is 19.1. The predicted molar refractivity (Wildman–Crippen MR) is 125 cm³/mol. The molecular weight excluding hydrogens is 407 g/mol. The van der Waals surface area contributed by atoms with Gasteiger partial charge in [0.15, 0.2) is 11.6 Å². The number of nitrogens with one attached hydrogen (secondary N) is 1. The molecule has 2 aromatic rings. The Bertz CT molecular complexity index is 1310. The summed E-state index contributed by atoms with van der Waals surface area (Å²) >= 11 is 0. The van der Waals surface area contributed by atoms with Crippen molar-refractivity contribution in [2.75, 3.05) is 38.8 Å². The molecule has 1 aliphatic carbocycles. The number of rotatable bonds is 4. The summed E-state index contributed by atoms with van der Waals surface area (Å²) in [6, 6.07) is 8.23. The largest absolute Gasteiger partial charge is 0.497 e. The third-order valence-electron chi connectivity index (χ3n) is 6.77. The van der Waals surface area contributed by atoms with Crippen molar-refractivity contribution in [1.82, 2.24) is 14.9 Å². The van der Waals surface area contributed by atoms with Gasteiger partial charge in [0.2, 0.25) is 0 Å². The van der Waals surface area contributed by atoms with Crippen LogP contribution in [0.4, 0.5) is 10.1 Å². The third-order valence-corrected chi connectivity index (χ3v) is 6.77. The number of halogens is 1.